The molecule has 1 aliphatic heterocycles. The van der Waals surface area contributed by atoms with E-state index in [4.69, 9.17) is 17.0 Å². The molecule has 2 heterocycles. The molecule has 104 valence electrons. The van der Waals surface area contributed by atoms with Crippen LogP contribution in [0.15, 0.2) is 41.0 Å². The average molecular weight is 351 g/mol. The van der Waals surface area contributed by atoms with E-state index in [2.05, 4.69) is 50.2 Å². The van der Waals surface area contributed by atoms with Crippen molar-refractivity contribution in [1.82, 2.24) is 9.97 Å². The van der Waals surface area contributed by atoms with Crippen molar-refractivity contribution in [3.63, 3.8) is 0 Å². The van der Waals surface area contributed by atoms with E-state index in [-0.39, 0.29) is 5.41 Å². The van der Waals surface area contributed by atoms with Gasteiger partial charge in [0.25, 0.3) is 0 Å². The Morgan fingerprint density at radius 1 is 1.20 bits per heavy atom. The van der Waals surface area contributed by atoms with Gasteiger partial charge in [-0.05, 0) is 34.3 Å². The topological polar surface area (TPSA) is 37.9 Å². The molecule has 1 aliphatic rings. The van der Waals surface area contributed by atoms with Crippen molar-refractivity contribution in [2.24, 2.45) is 0 Å². The third-order valence-corrected chi connectivity index (χ3v) is 5.07. The van der Waals surface area contributed by atoms with Gasteiger partial charge in [0.15, 0.2) is 0 Å². The van der Waals surface area contributed by atoms with Gasteiger partial charge in [0.1, 0.15) is 10.5 Å². The van der Waals surface area contributed by atoms with E-state index in [1.165, 1.54) is 5.56 Å². The summed E-state index contributed by atoms with van der Waals surface area (Å²) in [5.41, 5.74) is 1.14. The van der Waals surface area contributed by atoms with Crippen LogP contribution in [0.3, 0.4) is 0 Å². The number of nitrogens with one attached hydrogen (secondary N) is 1. The Morgan fingerprint density at radius 3 is 2.55 bits per heavy atom. The van der Waals surface area contributed by atoms with Crippen LogP contribution in [0.5, 0.6) is 0 Å². The molecule has 0 bridgehead atoms. The Balaban J connectivity index is 2.15. The summed E-state index contributed by atoms with van der Waals surface area (Å²) in [5, 5.41) is 0. The Kier molecular flexibility index (Phi) is 4.01. The summed E-state index contributed by atoms with van der Waals surface area (Å²) < 4.78 is 7.06. The van der Waals surface area contributed by atoms with Crippen molar-refractivity contribution in [3.8, 4) is 0 Å². The zero-order valence-electron chi connectivity index (χ0n) is 10.9. The SMILES string of the molecule is S=c1[nH]c(C2(c3ccccc3)CCOCC2)ncc1Br. The number of aromatic nitrogens is 2. The van der Waals surface area contributed by atoms with Gasteiger partial charge in [0.05, 0.1) is 9.89 Å². The predicted molar refractivity (Wildman–Crippen MR) is 84.4 cm³/mol. The number of nitrogens with zero attached hydrogens (tertiary/aromatic N) is 1. The van der Waals surface area contributed by atoms with Gasteiger partial charge < -0.3 is 9.72 Å². The molecule has 0 radical (unpaired) electrons. The normalized spacial score (nSPS) is 17.9. The van der Waals surface area contributed by atoms with E-state index in [9.17, 15) is 0 Å². The second-order valence-corrected chi connectivity index (χ2v) is 6.23. The Hall–Kier alpha value is -1.04. The first kappa shape index (κ1) is 13.9. The Labute approximate surface area is 131 Å². The fourth-order valence-electron chi connectivity index (χ4n) is 2.76. The van der Waals surface area contributed by atoms with Gasteiger partial charge in [-0.1, -0.05) is 42.5 Å². The summed E-state index contributed by atoms with van der Waals surface area (Å²) in [6.07, 6.45) is 3.61. The molecular formula is C15H15BrN2OS. The molecule has 1 fully saturated rings. The lowest BCUT2D eigenvalue weighted by Gasteiger charge is -2.36. The molecule has 0 spiro atoms. The van der Waals surface area contributed by atoms with E-state index in [1.54, 1.807) is 6.20 Å². The first-order chi connectivity index (χ1) is 9.72. The number of benzene rings is 1. The molecule has 20 heavy (non-hydrogen) atoms. The lowest BCUT2D eigenvalue weighted by Crippen LogP contribution is -2.36. The maximum atomic E-state index is 5.54. The van der Waals surface area contributed by atoms with Gasteiger partial charge in [-0.25, -0.2) is 4.98 Å². The molecule has 3 nitrogen and oxygen atoms in total. The van der Waals surface area contributed by atoms with E-state index in [0.29, 0.717) is 4.64 Å². The van der Waals surface area contributed by atoms with Gasteiger partial charge in [0.2, 0.25) is 0 Å². The Morgan fingerprint density at radius 2 is 1.90 bits per heavy atom. The van der Waals surface area contributed by atoms with Gasteiger partial charge in [-0.2, -0.15) is 0 Å². The van der Waals surface area contributed by atoms with Crippen LogP contribution in [0, 0.1) is 4.64 Å². The van der Waals surface area contributed by atoms with Crippen molar-refractivity contribution in [1.29, 1.82) is 0 Å². The van der Waals surface area contributed by atoms with Crippen LogP contribution in [0.25, 0.3) is 0 Å². The number of rotatable bonds is 2. The quantitative estimate of drug-likeness (QED) is 0.831. The van der Waals surface area contributed by atoms with Crippen LogP contribution in [0.4, 0.5) is 0 Å². The predicted octanol–water partition coefficient (Wildman–Crippen LogP) is 4.00. The lowest BCUT2D eigenvalue weighted by molar-refractivity contribution is 0.0604. The van der Waals surface area contributed by atoms with Crippen molar-refractivity contribution in [3.05, 3.63) is 57.0 Å². The molecule has 0 saturated carbocycles. The molecule has 0 aliphatic carbocycles. The van der Waals surface area contributed by atoms with E-state index >= 15 is 0 Å². The highest BCUT2D eigenvalue weighted by Gasteiger charge is 2.38. The van der Waals surface area contributed by atoms with Crippen LogP contribution < -0.4 is 0 Å². The maximum Gasteiger partial charge on any atom is 0.120 e. The number of hydrogen-bond acceptors (Lipinski definition) is 3. The average Bonchev–Trinajstić information content (AvgIpc) is 2.51. The molecule has 3 rings (SSSR count). The van der Waals surface area contributed by atoms with Crippen molar-refractivity contribution in [2.75, 3.05) is 13.2 Å². The van der Waals surface area contributed by atoms with Crippen LogP contribution in [0.2, 0.25) is 0 Å². The first-order valence-corrected chi connectivity index (χ1v) is 7.81. The molecule has 1 N–H and O–H groups in total. The van der Waals surface area contributed by atoms with Crippen LogP contribution in [0.1, 0.15) is 24.2 Å². The summed E-state index contributed by atoms with van der Waals surface area (Å²) in [6.45, 7) is 1.49. The standard InChI is InChI=1S/C15H15BrN2OS/c16-12-10-17-14(18-13(12)20)15(6-8-19-9-7-15)11-4-2-1-3-5-11/h1-5,10H,6-9H2,(H,17,18,20). The second-order valence-electron chi connectivity index (χ2n) is 4.97. The van der Waals surface area contributed by atoms with Gasteiger partial charge in [-0.3, -0.25) is 0 Å². The fraction of sp³-hybridized carbons (Fsp3) is 0.333. The van der Waals surface area contributed by atoms with Gasteiger partial charge in [-0.15, -0.1) is 0 Å². The molecule has 1 aromatic carbocycles. The number of halogens is 1. The zero-order chi connectivity index (χ0) is 14.0. The highest BCUT2D eigenvalue weighted by molar-refractivity contribution is 9.10. The summed E-state index contributed by atoms with van der Waals surface area (Å²) in [6, 6.07) is 10.5. The van der Waals surface area contributed by atoms with Crippen LogP contribution in [-0.4, -0.2) is 23.2 Å². The van der Waals surface area contributed by atoms with E-state index in [1.807, 2.05) is 6.07 Å². The summed E-state index contributed by atoms with van der Waals surface area (Å²) in [5.74, 6) is 0.931. The molecule has 1 aromatic heterocycles. The monoisotopic (exact) mass is 350 g/mol. The van der Waals surface area contributed by atoms with E-state index in [0.717, 1.165) is 36.4 Å². The van der Waals surface area contributed by atoms with Crippen molar-refractivity contribution in [2.45, 2.75) is 18.3 Å². The minimum Gasteiger partial charge on any atom is -0.381 e. The number of H-pyrrole nitrogens is 1. The van der Waals surface area contributed by atoms with Crippen LogP contribution >= 0.6 is 28.1 Å². The molecule has 5 heteroatoms. The highest BCUT2D eigenvalue weighted by atomic mass is 79.9. The molecule has 0 atom stereocenters. The van der Waals surface area contributed by atoms with Crippen LogP contribution in [-0.2, 0) is 10.2 Å². The van der Waals surface area contributed by atoms with Gasteiger partial charge in [0, 0.05) is 19.4 Å². The largest absolute Gasteiger partial charge is 0.381 e. The number of hydrogen-bond donors (Lipinski definition) is 1. The second kappa shape index (κ2) is 5.76. The minimum atomic E-state index is -0.131. The van der Waals surface area contributed by atoms with Gasteiger partial charge >= 0.3 is 0 Å². The maximum absolute atomic E-state index is 5.54. The molecular weight excluding hydrogens is 336 g/mol. The summed E-state index contributed by atoms with van der Waals surface area (Å²) in [4.78, 5) is 7.87. The fourth-order valence-corrected chi connectivity index (χ4v) is 3.11. The first-order valence-electron chi connectivity index (χ1n) is 6.61. The number of aromatic amines is 1. The third-order valence-electron chi connectivity index (χ3n) is 3.88. The Bertz CT molecular complexity index is 650. The number of ether oxygens (including phenoxy) is 1. The molecule has 2 aromatic rings. The minimum absolute atomic E-state index is 0.131. The summed E-state index contributed by atoms with van der Waals surface area (Å²) >= 11 is 8.74. The lowest BCUT2D eigenvalue weighted by atomic mass is 9.73. The van der Waals surface area contributed by atoms with E-state index < -0.39 is 0 Å². The summed E-state index contributed by atoms with van der Waals surface area (Å²) in [7, 11) is 0. The van der Waals surface area contributed by atoms with Crippen molar-refractivity contribution >= 4 is 28.1 Å². The van der Waals surface area contributed by atoms with Crippen molar-refractivity contribution < 1.29 is 4.74 Å². The third kappa shape index (κ3) is 2.45. The smallest absolute Gasteiger partial charge is 0.120 e. The molecule has 0 unspecified atom stereocenters. The molecule has 1 saturated heterocycles. The molecule has 0 amide bonds. The highest BCUT2D eigenvalue weighted by Crippen LogP contribution is 2.39. The zero-order valence-corrected chi connectivity index (χ0v) is 13.3.